The van der Waals surface area contributed by atoms with Gasteiger partial charge in [0.2, 0.25) is 0 Å². The van der Waals surface area contributed by atoms with Crippen LogP contribution in [0.25, 0.3) is 10.2 Å². The highest BCUT2D eigenvalue weighted by atomic mass is 35.5. The van der Waals surface area contributed by atoms with Gasteiger partial charge in [-0.3, -0.25) is 10.1 Å². The largest absolute Gasteiger partial charge is 0.470 e. The Morgan fingerprint density at radius 2 is 2.11 bits per heavy atom. The van der Waals surface area contributed by atoms with E-state index in [0.717, 1.165) is 15.8 Å². The zero-order valence-electron chi connectivity index (χ0n) is 14.6. The number of hydrogen-bond donors (Lipinski definition) is 1. The van der Waals surface area contributed by atoms with Gasteiger partial charge in [0.05, 0.1) is 15.2 Å². The van der Waals surface area contributed by atoms with Gasteiger partial charge in [-0.15, -0.1) is 0 Å². The monoisotopic (exact) mass is 432 g/mol. The molecule has 0 aliphatic heterocycles. The van der Waals surface area contributed by atoms with Gasteiger partial charge < -0.3 is 4.74 Å². The summed E-state index contributed by atoms with van der Waals surface area (Å²) in [5.74, 6) is 0.150. The van der Waals surface area contributed by atoms with Gasteiger partial charge in [0.15, 0.2) is 17.6 Å². The first-order valence-corrected chi connectivity index (χ1v) is 9.85. The van der Waals surface area contributed by atoms with E-state index < -0.39 is 0 Å². The van der Waals surface area contributed by atoms with Crippen molar-refractivity contribution in [1.29, 1.82) is 0 Å². The van der Waals surface area contributed by atoms with Crippen molar-refractivity contribution < 1.29 is 9.53 Å². The molecule has 0 spiro atoms. The maximum Gasteiger partial charge on any atom is 0.277 e. The summed E-state index contributed by atoms with van der Waals surface area (Å²) < 4.78 is 8.13. The molecule has 2 aromatic heterocycles. The Bertz CT molecular complexity index is 1170. The van der Waals surface area contributed by atoms with Crippen LogP contribution in [0.15, 0.2) is 48.7 Å². The minimum Gasteiger partial charge on any atom is -0.470 e. The second-order valence-corrected chi connectivity index (χ2v) is 7.86. The van der Waals surface area contributed by atoms with Crippen molar-refractivity contribution in [3.8, 4) is 5.75 Å². The summed E-state index contributed by atoms with van der Waals surface area (Å²) in [6.45, 7) is 2.09. The van der Waals surface area contributed by atoms with E-state index in [4.69, 9.17) is 27.9 Å². The Labute approximate surface area is 174 Å². The second kappa shape index (κ2) is 7.79. The molecule has 0 saturated carbocycles. The second-order valence-electron chi connectivity index (χ2n) is 5.98. The van der Waals surface area contributed by atoms with E-state index in [2.05, 4.69) is 15.4 Å². The van der Waals surface area contributed by atoms with Gasteiger partial charge in [-0.05, 0) is 42.8 Å². The van der Waals surface area contributed by atoms with Gasteiger partial charge in [0.1, 0.15) is 5.75 Å². The van der Waals surface area contributed by atoms with Crippen molar-refractivity contribution in [2.45, 2.75) is 13.7 Å². The average molecular weight is 433 g/mol. The number of nitrogens with zero attached hydrogens (tertiary/aromatic N) is 3. The van der Waals surface area contributed by atoms with E-state index in [-0.39, 0.29) is 18.3 Å². The van der Waals surface area contributed by atoms with Crippen LogP contribution in [-0.4, -0.2) is 20.7 Å². The number of hydrogen-bond acceptors (Lipinski definition) is 5. The van der Waals surface area contributed by atoms with Gasteiger partial charge in [0, 0.05) is 11.2 Å². The lowest BCUT2D eigenvalue weighted by Crippen LogP contribution is -2.14. The normalized spacial score (nSPS) is 11.0. The van der Waals surface area contributed by atoms with E-state index in [9.17, 15) is 4.79 Å². The van der Waals surface area contributed by atoms with Crippen molar-refractivity contribution in [3.05, 3.63) is 70.0 Å². The number of rotatable bonds is 5. The molecule has 0 aliphatic rings. The van der Waals surface area contributed by atoms with Crippen molar-refractivity contribution in [2.24, 2.45) is 0 Å². The number of ether oxygens (including phenoxy) is 1. The number of anilines is 1. The standard InChI is InChI=1S/C19H14Cl2N4O2S/c1-11-3-2-4-16-17(11)22-19(28-16)23-18(26)14-7-8-25(24-14)10-27-15-6-5-12(20)9-13(15)21/h2-9H,10H2,1H3,(H,22,23,26). The number of aromatic nitrogens is 3. The summed E-state index contributed by atoms with van der Waals surface area (Å²) in [5.41, 5.74) is 2.22. The molecule has 2 heterocycles. The highest BCUT2D eigenvalue weighted by Gasteiger charge is 2.13. The summed E-state index contributed by atoms with van der Waals surface area (Å²) in [6, 6.07) is 12.5. The van der Waals surface area contributed by atoms with E-state index in [0.29, 0.717) is 20.9 Å². The quantitative estimate of drug-likeness (QED) is 0.458. The smallest absolute Gasteiger partial charge is 0.277 e. The van der Waals surface area contributed by atoms with Crippen LogP contribution in [-0.2, 0) is 6.73 Å². The molecular weight excluding hydrogens is 419 g/mol. The average Bonchev–Trinajstić information content (AvgIpc) is 3.28. The molecule has 6 nitrogen and oxygen atoms in total. The number of amides is 1. The number of fused-ring (bicyclic) bond motifs is 1. The predicted molar refractivity (Wildman–Crippen MR) is 112 cm³/mol. The Morgan fingerprint density at radius 3 is 2.89 bits per heavy atom. The van der Waals surface area contributed by atoms with E-state index in [1.807, 2.05) is 25.1 Å². The lowest BCUT2D eigenvalue weighted by molar-refractivity contribution is 0.102. The minimum absolute atomic E-state index is 0.106. The number of para-hydroxylation sites is 1. The lowest BCUT2D eigenvalue weighted by atomic mass is 10.2. The third-order valence-corrected chi connectivity index (χ3v) is 5.43. The summed E-state index contributed by atoms with van der Waals surface area (Å²) in [7, 11) is 0. The molecule has 4 rings (SSSR count). The molecule has 28 heavy (non-hydrogen) atoms. The van der Waals surface area contributed by atoms with E-state index >= 15 is 0 Å². The van der Waals surface area contributed by atoms with E-state index in [1.54, 1.807) is 30.5 Å². The number of benzene rings is 2. The third-order valence-electron chi connectivity index (χ3n) is 3.96. The van der Waals surface area contributed by atoms with Crippen LogP contribution in [0.1, 0.15) is 16.1 Å². The maximum absolute atomic E-state index is 12.5. The predicted octanol–water partition coefficient (Wildman–Crippen LogP) is 5.40. The van der Waals surface area contributed by atoms with Gasteiger partial charge in [-0.25, -0.2) is 9.67 Å². The van der Waals surface area contributed by atoms with Crippen molar-refractivity contribution >= 4 is 55.8 Å². The zero-order chi connectivity index (χ0) is 19.7. The van der Waals surface area contributed by atoms with Gasteiger partial charge in [-0.1, -0.05) is 46.7 Å². The first kappa shape index (κ1) is 18.7. The fourth-order valence-electron chi connectivity index (χ4n) is 2.58. The van der Waals surface area contributed by atoms with Crippen molar-refractivity contribution in [3.63, 3.8) is 0 Å². The molecule has 0 fully saturated rings. The van der Waals surface area contributed by atoms with Crippen LogP contribution in [0.3, 0.4) is 0 Å². The Balaban J connectivity index is 1.42. The minimum atomic E-state index is -0.333. The summed E-state index contributed by atoms with van der Waals surface area (Å²) in [4.78, 5) is 16.9. The molecular formula is C19H14Cl2N4O2S. The Morgan fingerprint density at radius 1 is 1.25 bits per heavy atom. The molecule has 0 aliphatic carbocycles. The maximum atomic E-state index is 12.5. The molecule has 1 N–H and O–H groups in total. The number of halogens is 2. The van der Waals surface area contributed by atoms with Crippen LogP contribution in [0, 0.1) is 6.92 Å². The summed E-state index contributed by atoms with van der Waals surface area (Å²) >= 11 is 13.4. The van der Waals surface area contributed by atoms with Crippen molar-refractivity contribution in [1.82, 2.24) is 14.8 Å². The molecule has 0 radical (unpaired) electrons. The first-order valence-electron chi connectivity index (χ1n) is 8.28. The fraction of sp³-hybridized carbons (Fsp3) is 0.105. The SMILES string of the molecule is Cc1cccc2sc(NC(=O)c3ccn(COc4ccc(Cl)cc4Cl)n3)nc12. The van der Waals surface area contributed by atoms with Crippen LogP contribution in [0.5, 0.6) is 5.75 Å². The van der Waals surface area contributed by atoms with Crippen LogP contribution in [0.2, 0.25) is 10.0 Å². The van der Waals surface area contributed by atoms with Crippen molar-refractivity contribution in [2.75, 3.05) is 5.32 Å². The lowest BCUT2D eigenvalue weighted by Gasteiger charge is -2.08. The van der Waals surface area contributed by atoms with Gasteiger partial charge >= 0.3 is 0 Å². The van der Waals surface area contributed by atoms with Crippen LogP contribution >= 0.6 is 34.5 Å². The molecule has 0 atom stereocenters. The van der Waals surface area contributed by atoms with Crippen LogP contribution in [0.4, 0.5) is 5.13 Å². The van der Waals surface area contributed by atoms with Gasteiger partial charge in [0.25, 0.3) is 5.91 Å². The molecule has 142 valence electrons. The topological polar surface area (TPSA) is 69.0 Å². The van der Waals surface area contributed by atoms with E-state index in [1.165, 1.54) is 16.0 Å². The molecule has 0 bridgehead atoms. The molecule has 9 heteroatoms. The number of carbonyl (C=O) groups excluding carboxylic acids is 1. The molecule has 2 aromatic carbocycles. The fourth-order valence-corrected chi connectivity index (χ4v) is 3.99. The molecule has 0 unspecified atom stereocenters. The Kier molecular flexibility index (Phi) is 5.21. The molecule has 0 saturated heterocycles. The molecule has 1 amide bonds. The number of thiazole rings is 1. The number of nitrogens with one attached hydrogen (secondary N) is 1. The summed E-state index contributed by atoms with van der Waals surface area (Å²) in [5, 5.41) is 8.49. The summed E-state index contributed by atoms with van der Waals surface area (Å²) in [6.07, 6.45) is 1.65. The Hall–Kier alpha value is -2.61. The van der Waals surface area contributed by atoms with Gasteiger partial charge in [-0.2, -0.15) is 5.10 Å². The van der Waals surface area contributed by atoms with Crippen LogP contribution < -0.4 is 10.1 Å². The number of carbonyl (C=O) groups is 1. The third kappa shape index (κ3) is 3.96. The zero-order valence-corrected chi connectivity index (χ0v) is 17.0. The highest BCUT2D eigenvalue weighted by molar-refractivity contribution is 7.22. The first-order chi connectivity index (χ1) is 13.5. The number of aryl methyl sites for hydroxylation is 1. The molecule has 4 aromatic rings. The highest BCUT2D eigenvalue weighted by Crippen LogP contribution is 2.29.